The van der Waals surface area contributed by atoms with Crippen molar-refractivity contribution in [1.29, 1.82) is 0 Å². The molecule has 0 radical (unpaired) electrons. The Balaban J connectivity index is 0. The molecular weight excluding hydrogens is 272 g/mol. The molecule has 1 aromatic heterocycles. The molecule has 1 aromatic rings. The Morgan fingerprint density at radius 1 is 1.30 bits per heavy atom. The van der Waals surface area contributed by atoms with Crippen LogP contribution in [0.2, 0.25) is 0 Å². The maximum atomic E-state index is 11.6. The zero-order chi connectivity index (χ0) is 16.1. The van der Waals surface area contributed by atoms with Gasteiger partial charge in [0.2, 0.25) is 5.91 Å². The lowest BCUT2D eigenvalue weighted by atomic mass is 10.3. The molecule has 0 aliphatic carbocycles. The lowest BCUT2D eigenvalue weighted by molar-refractivity contribution is -0.128. The summed E-state index contributed by atoms with van der Waals surface area (Å²) in [7, 11) is 0.746. The Bertz CT molecular complexity index is 409. The van der Waals surface area contributed by atoms with Crippen LogP contribution in [0.4, 0.5) is 0 Å². The summed E-state index contributed by atoms with van der Waals surface area (Å²) in [6.07, 6.45) is 1.63. The number of amides is 1. The molecule has 1 heterocycles. The summed E-state index contributed by atoms with van der Waals surface area (Å²) < 4.78 is 11.6. The van der Waals surface area contributed by atoms with Gasteiger partial charge in [-0.2, -0.15) is 0 Å². The molecule has 0 aromatic carbocycles. The van der Waals surface area contributed by atoms with Gasteiger partial charge >= 0.3 is 0 Å². The number of hydrogen-bond acceptors (Lipinski definition) is 3. The Hall–Kier alpha value is -1.23. The summed E-state index contributed by atoms with van der Waals surface area (Å²) in [4.78, 5) is 17.5. The SMILES string of the molecule is CC.CC.CCS(=O)c1ccnc(CN(C)C(C)=O)c1. The van der Waals surface area contributed by atoms with Crippen LogP contribution in [0.3, 0.4) is 0 Å². The first-order chi connectivity index (χ1) is 9.54. The highest BCUT2D eigenvalue weighted by Gasteiger charge is 2.07. The maximum absolute atomic E-state index is 11.6. The van der Waals surface area contributed by atoms with E-state index >= 15 is 0 Å². The fourth-order valence-electron chi connectivity index (χ4n) is 1.21. The quantitative estimate of drug-likeness (QED) is 0.857. The number of nitrogens with zero attached hydrogens (tertiary/aromatic N) is 2. The van der Waals surface area contributed by atoms with Crippen molar-refractivity contribution in [2.24, 2.45) is 0 Å². The molecule has 0 aliphatic rings. The zero-order valence-electron chi connectivity index (χ0n) is 13.8. The van der Waals surface area contributed by atoms with Gasteiger partial charge in [0.05, 0.1) is 23.0 Å². The summed E-state index contributed by atoms with van der Waals surface area (Å²) in [5.74, 6) is 0.579. The second-order valence-electron chi connectivity index (χ2n) is 3.49. The van der Waals surface area contributed by atoms with E-state index in [1.165, 1.54) is 6.92 Å². The van der Waals surface area contributed by atoms with Crippen molar-refractivity contribution in [3.63, 3.8) is 0 Å². The fraction of sp³-hybridized carbons (Fsp3) is 0.600. The van der Waals surface area contributed by atoms with Crippen molar-refractivity contribution in [1.82, 2.24) is 9.88 Å². The van der Waals surface area contributed by atoms with Crippen molar-refractivity contribution in [2.45, 2.75) is 53.0 Å². The number of carbonyl (C=O) groups excluding carboxylic acids is 1. The monoisotopic (exact) mass is 300 g/mol. The molecule has 0 bridgehead atoms. The van der Waals surface area contributed by atoms with E-state index in [1.54, 1.807) is 30.3 Å². The van der Waals surface area contributed by atoms with Gasteiger partial charge < -0.3 is 4.90 Å². The van der Waals surface area contributed by atoms with E-state index in [1.807, 2.05) is 34.6 Å². The highest BCUT2D eigenvalue weighted by molar-refractivity contribution is 7.85. The number of pyridine rings is 1. The van der Waals surface area contributed by atoms with Gasteiger partial charge in [-0.05, 0) is 12.1 Å². The summed E-state index contributed by atoms with van der Waals surface area (Å²) in [5, 5.41) is 0. The van der Waals surface area contributed by atoms with E-state index in [-0.39, 0.29) is 5.91 Å². The van der Waals surface area contributed by atoms with E-state index < -0.39 is 10.8 Å². The summed E-state index contributed by atoms with van der Waals surface area (Å²) in [5.41, 5.74) is 0.761. The molecule has 1 rings (SSSR count). The number of hydrogen-bond donors (Lipinski definition) is 0. The molecule has 4 nitrogen and oxygen atoms in total. The molecule has 0 fully saturated rings. The average Bonchev–Trinajstić information content (AvgIpc) is 2.50. The highest BCUT2D eigenvalue weighted by Crippen LogP contribution is 2.09. The Kier molecular flexibility index (Phi) is 13.5. The number of rotatable bonds is 4. The van der Waals surface area contributed by atoms with Crippen LogP contribution in [0.25, 0.3) is 0 Å². The Labute approximate surface area is 126 Å². The molecule has 0 spiro atoms. The minimum atomic E-state index is -0.970. The largest absolute Gasteiger partial charge is 0.340 e. The van der Waals surface area contributed by atoms with Crippen molar-refractivity contribution in [3.05, 3.63) is 24.0 Å². The van der Waals surface area contributed by atoms with Gasteiger partial charge in [-0.1, -0.05) is 34.6 Å². The summed E-state index contributed by atoms with van der Waals surface area (Å²) in [6, 6.07) is 3.54. The molecule has 1 amide bonds. The van der Waals surface area contributed by atoms with Gasteiger partial charge in [0.15, 0.2) is 0 Å². The van der Waals surface area contributed by atoms with Gasteiger partial charge in [0.1, 0.15) is 0 Å². The summed E-state index contributed by atoms with van der Waals surface area (Å²) in [6.45, 7) is 11.8. The van der Waals surface area contributed by atoms with Crippen LogP contribution in [0.5, 0.6) is 0 Å². The first-order valence-electron chi connectivity index (χ1n) is 7.09. The smallest absolute Gasteiger partial charge is 0.219 e. The first kappa shape index (κ1) is 21.1. The average molecular weight is 300 g/mol. The van der Waals surface area contributed by atoms with E-state index in [4.69, 9.17) is 0 Å². The Morgan fingerprint density at radius 2 is 1.85 bits per heavy atom. The fourth-order valence-corrected chi connectivity index (χ4v) is 2.02. The maximum Gasteiger partial charge on any atom is 0.219 e. The predicted octanol–water partition coefficient (Wildman–Crippen LogP) is 3.24. The van der Waals surface area contributed by atoms with Crippen LogP contribution < -0.4 is 0 Å². The van der Waals surface area contributed by atoms with E-state index in [0.29, 0.717) is 12.3 Å². The molecule has 0 N–H and O–H groups in total. The second-order valence-corrected chi connectivity index (χ2v) is 5.23. The van der Waals surface area contributed by atoms with Crippen LogP contribution in [0.1, 0.15) is 47.2 Å². The summed E-state index contributed by atoms with van der Waals surface area (Å²) >= 11 is 0. The van der Waals surface area contributed by atoms with Gasteiger partial charge in [-0.25, -0.2) is 0 Å². The first-order valence-corrected chi connectivity index (χ1v) is 8.41. The van der Waals surface area contributed by atoms with Gasteiger partial charge in [-0.15, -0.1) is 0 Å². The number of aromatic nitrogens is 1. The standard InChI is InChI=1S/C11H16N2O2S.2C2H6/c1-4-16(15)11-5-6-12-10(7-11)8-13(3)9(2)14;2*1-2/h5-7H,4,8H2,1-3H3;2*1-2H3. The number of carbonyl (C=O) groups is 1. The van der Waals surface area contributed by atoms with Crippen molar-refractivity contribution < 1.29 is 9.00 Å². The van der Waals surface area contributed by atoms with Gasteiger partial charge in [0.25, 0.3) is 0 Å². The minimum absolute atomic E-state index is 0.0104. The molecule has 116 valence electrons. The third-order valence-electron chi connectivity index (χ3n) is 2.25. The lowest BCUT2D eigenvalue weighted by Crippen LogP contribution is -2.23. The lowest BCUT2D eigenvalue weighted by Gasteiger charge is -2.14. The van der Waals surface area contributed by atoms with Crippen LogP contribution in [0, 0.1) is 0 Å². The van der Waals surface area contributed by atoms with Crippen molar-refractivity contribution >= 4 is 16.7 Å². The third kappa shape index (κ3) is 8.04. The van der Waals surface area contributed by atoms with Crippen LogP contribution in [0.15, 0.2) is 23.2 Å². The van der Waals surface area contributed by atoms with Crippen molar-refractivity contribution in [2.75, 3.05) is 12.8 Å². The highest BCUT2D eigenvalue weighted by atomic mass is 32.2. The molecule has 1 unspecified atom stereocenters. The molecular formula is C15H28N2O2S. The second kappa shape index (κ2) is 12.8. The minimum Gasteiger partial charge on any atom is -0.340 e. The topological polar surface area (TPSA) is 50.3 Å². The van der Waals surface area contributed by atoms with E-state index in [9.17, 15) is 9.00 Å². The van der Waals surface area contributed by atoms with Gasteiger partial charge in [0, 0.05) is 30.8 Å². The van der Waals surface area contributed by atoms with Crippen LogP contribution >= 0.6 is 0 Å². The van der Waals surface area contributed by atoms with Gasteiger partial charge in [-0.3, -0.25) is 14.0 Å². The molecule has 0 aliphatic heterocycles. The van der Waals surface area contributed by atoms with Crippen molar-refractivity contribution in [3.8, 4) is 0 Å². The Morgan fingerprint density at radius 3 is 2.30 bits per heavy atom. The molecule has 5 heteroatoms. The molecule has 0 saturated heterocycles. The van der Waals surface area contributed by atoms with E-state index in [2.05, 4.69) is 4.98 Å². The molecule has 1 atom stereocenters. The van der Waals surface area contributed by atoms with Crippen LogP contribution in [-0.4, -0.2) is 32.8 Å². The molecule has 20 heavy (non-hydrogen) atoms. The third-order valence-corrected chi connectivity index (χ3v) is 3.55. The predicted molar refractivity (Wildman–Crippen MR) is 86.0 cm³/mol. The zero-order valence-corrected chi connectivity index (χ0v) is 14.6. The van der Waals surface area contributed by atoms with E-state index in [0.717, 1.165) is 10.6 Å². The molecule has 0 saturated carbocycles. The van der Waals surface area contributed by atoms with Crippen LogP contribution in [-0.2, 0) is 22.1 Å². The normalized spacial score (nSPS) is 10.3.